The lowest BCUT2D eigenvalue weighted by atomic mass is 10.1. The van der Waals surface area contributed by atoms with Crippen molar-refractivity contribution in [1.82, 2.24) is 0 Å². The number of halogens is 3. The third-order valence-electron chi connectivity index (χ3n) is 1.65. The predicted octanol–water partition coefficient (Wildman–Crippen LogP) is 1.61. The van der Waals surface area contributed by atoms with Gasteiger partial charge < -0.3 is 10.8 Å². The van der Waals surface area contributed by atoms with Gasteiger partial charge in [-0.15, -0.1) is 0 Å². The van der Waals surface area contributed by atoms with Gasteiger partial charge in [0.25, 0.3) is 0 Å². The number of aliphatic hydroxyl groups excluding tert-OH is 1. The molecule has 72 valence electrons. The van der Waals surface area contributed by atoms with Gasteiger partial charge in [-0.2, -0.15) is 0 Å². The van der Waals surface area contributed by atoms with Gasteiger partial charge in [0.15, 0.2) is 11.6 Å². The fraction of sp³-hybridized carbons (Fsp3) is 0.250. The third-order valence-corrected chi connectivity index (χ3v) is 2.03. The standard InChI is InChI=1S/C8H8ClF2NO/c9-7-4(6(13)3-12)1-2-5(10)8(7)11/h1-2,6,13H,3,12H2. The maximum atomic E-state index is 12.8. The molecule has 0 aliphatic carbocycles. The first-order valence-corrected chi connectivity index (χ1v) is 3.97. The van der Waals surface area contributed by atoms with Gasteiger partial charge in [0.2, 0.25) is 0 Å². The van der Waals surface area contributed by atoms with Crippen LogP contribution in [0.15, 0.2) is 12.1 Å². The van der Waals surface area contributed by atoms with Crippen molar-refractivity contribution in [3.8, 4) is 0 Å². The highest BCUT2D eigenvalue weighted by atomic mass is 35.5. The first kappa shape index (κ1) is 10.4. The van der Waals surface area contributed by atoms with Crippen LogP contribution in [-0.4, -0.2) is 11.7 Å². The largest absolute Gasteiger partial charge is 0.387 e. The average molecular weight is 208 g/mol. The van der Waals surface area contributed by atoms with Crippen LogP contribution in [0.4, 0.5) is 8.78 Å². The Labute approximate surface area is 78.9 Å². The Balaban J connectivity index is 3.18. The van der Waals surface area contributed by atoms with E-state index in [4.69, 9.17) is 17.3 Å². The van der Waals surface area contributed by atoms with Crippen molar-refractivity contribution in [2.45, 2.75) is 6.10 Å². The Morgan fingerprint density at radius 2 is 2.08 bits per heavy atom. The summed E-state index contributed by atoms with van der Waals surface area (Å²) in [5, 5.41) is 8.81. The molecular weight excluding hydrogens is 200 g/mol. The van der Waals surface area contributed by atoms with Gasteiger partial charge in [-0.1, -0.05) is 17.7 Å². The van der Waals surface area contributed by atoms with Gasteiger partial charge in [0.05, 0.1) is 11.1 Å². The smallest absolute Gasteiger partial charge is 0.177 e. The zero-order chi connectivity index (χ0) is 10.0. The van der Waals surface area contributed by atoms with Gasteiger partial charge in [-0.05, 0) is 6.07 Å². The topological polar surface area (TPSA) is 46.2 Å². The van der Waals surface area contributed by atoms with Crippen molar-refractivity contribution in [1.29, 1.82) is 0 Å². The average Bonchev–Trinajstić information content (AvgIpc) is 2.13. The van der Waals surface area contributed by atoms with E-state index in [0.717, 1.165) is 6.07 Å². The Kier molecular flexibility index (Phi) is 3.19. The van der Waals surface area contributed by atoms with Gasteiger partial charge in [-0.3, -0.25) is 0 Å². The second-order valence-corrected chi connectivity index (χ2v) is 2.89. The number of benzene rings is 1. The molecule has 0 amide bonds. The fourth-order valence-electron chi connectivity index (χ4n) is 0.925. The van der Waals surface area contributed by atoms with Crippen LogP contribution in [0, 0.1) is 11.6 Å². The first-order valence-electron chi connectivity index (χ1n) is 3.59. The van der Waals surface area contributed by atoms with E-state index < -0.39 is 22.8 Å². The van der Waals surface area contributed by atoms with Crippen LogP contribution in [0.25, 0.3) is 0 Å². The summed E-state index contributed by atoms with van der Waals surface area (Å²) in [5.74, 6) is -2.20. The van der Waals surface area contributed by atoms with E-state index in [1.54, 1.807) is 0 Å². The van der Waals surface area contributed by atoms with Crippen molar-refractivity contribution in [3.05, 3.63) is 34.4 Å². The zero-order valence-corrected chi connectivity index (χ0v) is 7.35. The minimum Gasteiger partial charge on any atom is -0.387 e. The minimum absolute atomic E-state index is 0.0925. The highest BCUT2D eigenvalue weighted by molar-refractivity contribution is 6.31. The number of hydrogen-bond donors (Lipinski definition) is 2. The van der Waals surface area contributed by atoms with E-state index in [-0.39, 0.29) is 12.1 Å². The molecule has 13 heavy (non-hydrogen) atoms. The molecule has 5 heteroatoms. The van der Waals surface area contributed by atoms with E-state index in [9.17, 15) is 13.9 Å². The molecule has 0 aliphatic heterocycles. The van der Waals surface area contributed by atoms with Crippen molar-refractivity contribution in [3.63, 3.8) is 0 Å². The maximum absolute atomic E-state index is 12.8. The van der Waals surface area contributed by atoms with E-state index in [1.165, 1.54) is 6.07 Å². The normalized spacial score (nSPS) is 13.0. The Morgan fingerprint density at radius 1 is 1.46 bits per heavy atom. The molecule has 0 aromatic heterocycles. The Morgan fingerprint density at radius 3 is 2.62 bits per heavy atom. The molecule has 1 atom stereocenters. The molecule has 2 nitrogen and oxygen atoms in total. The molecule has 0 radical (unpaired) electrons. The Hall–Kier alpha value is -0.710. The molecule has 0 heterocycles. The second-order valence-electron chi connectivity index (χ2n) is 2.52. The van der Waals surface area contributed by atoms with E-state index >= 15 is 0 Å². The van der Waals surface area contributed by atoms with Gasteiger partial charge in [-0.25, -0.2) is 8.78 Å². The SMILES string of the molecule is NCC(O)c1ccc(F)c(F)c1Cl. The quantitative estimate of drug-likeness (QED) is 0.724. The summed E-state index contributed by atoms with van der Waals surface area (Å²) in [6, 6.07) is 2.10. The molecule has 1 aromatic carbocycles. The van der Waals surface area contributed by atoms with Crippen LogP contribution in [-0.2, 0) is 0 Å². The van der Waals surface area contributed by atoms with Crippen molar-refractivity contribution in [2.24, 2.45) is 5.73 Å². The first-order chi connectivity index (χ1) is 6.07. The molecule has 1 unspecified atom stereocenters. The van der Waals surface area contributed by atoms with Crippen molar-refractivity contribution in [2.75, 3.05) is 6.54 Å². The van der Waals surface area contributed by atoms with Crippen LogP contribution in [0.3, 0.4) is 0 Å². The molecule has 0 spiro atoms. The van der Waals surface area contributed by atoms with Crippen LogP contribution >= 0.6 is 11.6 Å². The molecule has 0 saturated heterocycles. The van der Waals surface area contributed by atoms with Gasteiger partial charge in [0.1, 0.15) is 0 Å². The van der Waals surface area contributed by atoms with Gasteiger partial charge in [0, 0.05) is 12.1 Å². The van der Waals surface area contributed by atoms with Crippen LogP contribution in [0.1, 0.15) is 11.7 Å². The highest BCUT2D eigenvalue weighted by Crippen LogP contribution is 2.26. The second kappa shape index (κ2) is 4.00. The minimum atomic E-state index is -1.16. The fourth-order valence-corrected chi connectivity index (χ4v) is 1.20. The molecule has 3 N–H and O–H groups in total. The lowest BCUT2D eigenvalue weighted by Crippen LogP contribution is -2.12. The summed E-state index contributed by atoms with van der Waals surface area (Å²) in [6.45, 7) is -0.0925. The van der Waals surface area contributed by atoms with E-state index in [1.807, 2.05) is 0 Å². The lowest BCUT2D eigenvalue weighted by molar-refractivity contribution is 0.186. The summed E-state index contributed by atoms with van der Waals surface area (Å²) in [7, 11) is 0. The van der Waals surface area contributed by atoms with E-state index in [2.05, 4.69) is 0 Å². The third kappa shape index (κ3) is 1.96. The number of rotatable bonds is 2. The van der Waals surface area contributed by atoms with Crippen molar-refractivity contribution >= 4 is 11.6 Å². The summed E-state index contributed by atoms with van der Waals surface area (Å²) in [4.78, 5) is 0. The molecule has 0 fully saturated rings. The van der Waals surface area contributed by atoms with Crippen LogP contribution < -0.4 is 5.73 Å². The zero-order valence-electron chi connectivity index (χ0n) is 6.60. The van der Waals surface area contributed by atoms with Gasteiger partial charge >= 0.3 is 0 Å². The van der Waals surface area contributed by atoms with E-state index in [0.29, 0.717) is 0 Å². The number of aliphatic hydroxyl groups is 1. The highest BCUT2D eigenvalue weighted by Gasteiger charge is 2.16. The summed E-state index contributed by atoms with van der Waals surface area (Å²) >= 11 is 5.44. The Bertz CT molecular complexity index is 319. The maximum Gasteiger partial charge on any atom is 0.177 e. The lowest BCUT2D eigenvalue weighted by Gasteiger charge is -2.10. The summed E-state index contributed by atoms with van der Waals surface area (Å²) in [5.41, 5.74) is 5.24. The molecule has 1 rings (SSSR count). The summed E-state index contributed by atoms with van der Waals surface area (Å²) in [6.07, 6.45) is -1.07. The van der Waals surface area contributed by atoms with Crippen molar-refractivity contribution < 1.29 is 13.9 Å². The molecule has 0 saturated carbocycles. The molecule has 0 bridgehead atoms. The molecule has 1 aromatic rings. The number of hydrogen-bond acceptors (Lipinski definition) is 2. The molecular formula is C8H8ClF2NO. The summed E-state index contributed by atoms with van der Waals surface area (Å²) < 4.78 is 25.4. The van der Waals surface area contributed by atoms with Crippen LogP contribution in [0.5, 0.6) is 0 Å². The predicted molar refractivity (Wildman–Crippen MR) is 45.4 cm³/mol. The number of nitrogens with two attached hydrogens (primary N) is 1. The van der Waals surface area contributed by atoms with Crippen LogP contribution in [0.2, 0.25) is 5.02 Å². The molecule has 0 aliphatic rings. The monoisotopic (exact) mass is 207 g/mol.